The van der Waals surface area contributed by atoms with Gasteiger partial charge in [-0.1, -0.05) is 24.3 Å². The highest BCUT2D eigenvalue weighted by molar-refractivity contribution is 7.10. The molecule has 20 heavy (non-hydrogen) atoms. The standard InChI is InChI=1S/C16H20N2OS/c1-13(18(2)14-7-4-3-5-8-14)12-17-16(19)11-15-9-6-10-20-15/h3-10,13H,11-12H2,1-2H3,(H,17,19)/t13-/m0/s1. The molecule has 0 bridgehead atoms. The Morgan fingerprint density at radius 3 is 2.65 bits per heavy atom. The van der Waals surface area contributed by atoms with E-state index in [1.165, 1.54) is 0 Å². The van der Waals surface area contributed by atoms with Gasteiger partial charge in [0, 0.05) is 30.2 Å². The number of benzene rings is 1. The summed E-state index contributed by atoms with van der Waals surface area (Å²) in [5, 5.41) is 4.99. The van der Waals surface area contributed by atoms with Crippen LogP contribution in [0.15, 0.2) is 47.8 Å². The average Bonchev–Trinajstić information content (AvgIpc) is 2.97. The molecular formula is C16H20N2OS. The highest BCUT2D eigenvalue weighted by Crippen LogP contribution is 2.13. The molecule has 0 aliphatic heterocycles. The molecule has 0 radical (unpaired) electrons. The van der Waals surface area contributed by atoms with Gasteiger partial charge >= 0.3 is 0 Å². The van der Waals surface area contributed by atoms with Crippen LogP contribution in [-0.2, 0) is 11.2 Å². The summed E-state index contributed by atoms with van der Waals surface area (Å²) < 4.78 is 0. The number of nitrogens with one attached hydrogen (secondary N) is 1. The summed E-state index contributed by atoms with van der Waals surface area (Å²) in [6, 6.07) is 14.4. The lowest BCUT2D eigenvalue weighted by Gasteiger charge is -2.27. The first-order chi connectivity index (χ1) is 9.66. The van der Waals surface area contributed by atoms with Crippen molar-refractivity contribution in [3.8, 4) is 0 Å². The van der Waals surface area contributed by atoms with E-state index < -0.39 is 0 Å². The topological polar surface area (TPSA) is 32.3 Å². The molecular weight excluding hydrogens is 268 g/mol. The monoisotopic (exact) mass is 288 g/mol. The zero-order valence-corrected chi connectivity index (χ0v) is 12.7. The molecule has 4 heteroatoms. The van der Waals surface area contributed by atoms with E-state index in [1.54, 1.807) is 11.3 Å². The van der Waals surface area contributed by atoms with Crippen LogP contribution in [0.2, 0.25) is 0 Å². The fourth-order valence-corrected chi connectivity index (χ4v) is 2.65. The third-order valence-electron chi connectivity index (χ3n) is 3.33. The van der Waals surface area contributed by atoms with E-state index in [4.69, 9.17) is 0 Å². The van der Waals surface area contributed by atoms with Gasteiger partial charge in [-0.25, -0.2) is 0 Å². The van der Waals surface area contributed by atoms with Crippen LogP contribution in [0.3, 0.4) is 0 Å². The Morgan fingerprint density at radius 1 is 1.25 bits per heavy atom. The number of likely N-dealkylation sites (N-methyl/N-ethyl adjacent to an activating group) is 1. The van der Waals surface area contributed by atoms with E-state index in [-0.39, 0.29) is 11.9 Å². The minimum absolute atomic E-state index is 0.0840. The largest absolute Gasteiger partial charge is 0.370 e. The summed E-state index contributed by atoms with van der Waals surface area (Å²) in [5.74, 6) is 0.0840. The first kappa shape index (κ1) is 14.6. The smallest absolute Gasteiger partial charge is 0.225 e. The van der Waals surface area contributed by atoms with Crippen LogP contribution in [0.5, 0.6) is 0 Å². The lowest BCUT2D eigenvalue weighted by molar-refractivity contribution is -0.120. The van der Waals surface area contributed by atoms with Gasteiger partial charge in [-0.05, 0) is 30.5 Å². The molecule has 1 heterocycles. The van der Waals surface area contributed by atoms with Crippen LogP contribution in [0.25, 0.3) is 0 Å². The number of anilines is 1. The van der Waals surface area contributed by atoms with Gasteiger partial charge in [-0.2, -0.15) is 0 Å². The maximum absolute atomic E-state index is 11.9. The zero-order chi connectivity index (χ0) is 14.4. The normalized spacial score (nSPS) is 11.9. The molecule has 0 unspecified atom stereocenters. The second-order valence-corrected chi connectivity index (χ2v) is 5.89. The fourth-order valence-electron chi connectivity index (χ4n) is 1.95. The van der Waals surface area contributed by atoms with E-state index in [9.17, 15) is 4.79 Å². The second kappa shape index (κ2) is 7.10. The Bertz CT molecular complexity index is 525. The highest BCUT2D eigenvalue weighted by atomic mass is 32.1. The summed E-state index contributed by atoms with van der Waals surface area (Å²) in [6.07, 6.45) is 0.472. The summed E-state index contributed by atoms with van der Waals surface area (Å²) >= 11 is 1.62. The number of thiophene rings is 1. The maximum atomic E-state index is 11.9. The SMILES string of the molecule is C[C@@H](CNC(=O)Cc1cccs1)N(C)c1ccccc1. The number of amides is 1. The molecule has 3 nitrogen and oxygen atoms in total. The lowest BCUT2D eigenvalue weighted by Crippen LogP contribution is -2.40. The van der Waals surface area contributed by atoms with Gasteiger partial charge in [0.05, 0.1) is 6.42 Å². The number of carbonyl (C=O) groups is 1. The Kier molecular flexibility index (Phi) is 5.18. The van der Waals surface area contributed by atoms with Crippen molar-refractivity contribution in [2.75, 3.05) is 18.5 Å². The summed E-state index contributed by atoms with van der Waals surface area (Å²) in [4.78, 5) is 15.1. The van der Waals surface area contributed by atoms with Crippen molar-refractivity contribution in [1.82, 2.24) is 5.32 Å². The Labute approximate surface area is 124 Å². The van der Waals surface area contributed by atoms with Crippen molar-refractivity contribution in [3.05, 3.63) is 52.7 Å². The third kappa shape index (κ3) is 4.10. The van der Waals surface area contributed by atoms with Crippen molar-refractivity contribution in [2.45, 2.75) is 19.4 Å². The summed E-state index contributed by atoms with van der Waals surface area (Å²) in [7, 11) is 2.05. The highest BCUT2D eigenvalue weighted by Gasteiger charge is 2.11. The average molecular weight is 288 g/mol. The molecule has 0 saturated carbocycles. The Hall–Kier alpha value is -1.81. The minimum Gasteiger partial charge on any atom is -0.370 e. The number of rotatable bonds is 6. The fraction of sp³-hybridized carbons (Fsp3) is 0.312. The molecule has 1 aromatic carbocycles. The third-order valence-corrected chi connectivity index (χ3v) is 4.21. The van der Waals surface area contributed by atoms with Gasteiger partial charge in [0.25, 0.3) is 0 Å². The Balaban J connectivity index is 1.80. The van der Waals surface area contributed by atoms with E-state index in [1.807, 2.05) is 42.8 Å². The van der Waals surface area contributed by atoms with Crippen LogP contribution in [0.4, 0.5) is 5.69 Å². The van der Waals surface area contributed by atoms with Gasteiger partial charge < -0.3 is 10.2 Å². The van der Waals surface area contributed by atoms with Gasteiger partial charge in [0.2, 0.25) is 5.91 Å². The molecule has 0 saturated heterocycles. The molecule has 1 atom stereocenters. The molecule has 106 valence electrons. The molecule has 1 amide bonds. The van der Waals surface area contributed by atoms with E-state index in [2.05, 4.69) is 29.3 Å². The molecule has 1 N–H and O–H groups in total. The van der Waals surface area contributed by atoms with Gasteiger partial charge in [-0.15, -0.1) is 11.3 Å². The number of carbonyl (C=O) groups excluding carboxylic acids is 1. The van der Waals surface area contributed by atoms with Crippen molar-refractivity contribution in [2.24, 2.45) is 0 Å². The van der Waals surface area contributed by atoms with Crippen molar-refractivity contribution >= 4 is 22.9 Å². The number of hydrogen-bond donors (Lipinski definition) is 1. The van der Waals surface area contributed by atoms with Crippen molar-refractivity contribution in [1.29, 1.82) is 0 Å². The van der Waals surface area contributed by atoms with Crippen LogP contribution >= 0.6 is 11.3 Å². The summed E-state index contributed by atoms with van der Waals surface area (Å²) in [5.41, 5.74) is 1.16. The molecule has 2 aromatic rings. The van der Waals surface area contributed by atoms with Gasteiger partial charge in [0.15, 0.2) is 0 Å². The van der Waals surface area contributed by atoms with Crippen LogP contribution < -0.4 is 10.2 Å². The number of nitrogens with zero attached hydrogens (tertiary/aromatic N) is 1. The zero-order valence-electron chi connectivity index (χ0n) is 11.9. The molecule has 0 spiro atoms. The quantitative estimate of drug-likeness (QED) is 0.886. The molecule has 0 fully saturated rings. The maximum Gasteiger partial charge on any atom is 0.225 e. The van der Waals surface area contributed by atoms with Gasteiger partial charge in [0.1, 0.15) is 0 Å². The van der Waals surface area contributed by atoms with Crippen molar-refractivity contribution in [3.63, 3.8) is 0 Å². The first-order valence-corrected chi connectivity index (χ1v) is 7.61. The van der Waals surface area contributed by atoms with Crippen LogP contribution in [-0.4, -0.2) is 25.5 Å². The van der Waals surface area contributed by atoms with Crippen molar-refractivity contribution < 1.29 is 4.79 Å². The minimum atomic E-state index is 0.0840. The number of hydrogen-bond acceptors (Lipinski definition) is 3. The summed E-state index contributed by atoms with van der Waals surface area (Å²) in [6.45, 7) is 2.76. The molecule has 2 rings (SSSR count). The lowest BCUT2D eigenvalue weighted by atomic mass is 10.2. The molecule has 0 aliphatic rings. The predicted octanol–water partition coefficient (Wildman–Crippen LogP) is 2.93. The van der Waals surface area contributed by atoms with Crippen LogP contribution in [0, 0.1) is 0 Å². The van der Waals surface area contributed by atoms with E-state index in [0.717, 1.165) is 10.6 Å². The first-order valence-electron chi connectivity index (χ1n) is 6.74. The van der Waals surface area contributed by atoms with Crippen LogP contribution in [0.1, 0.15) is 11.8 Å². The van der Waals surface area contributed by atoms with E-state index >= 15 is 0 Å². The van der Waals surface area contributed by atoms with Gasteiger partial charge in [-0.3, -0.25) is 4.79 Å². The second-order valence-electron chi connectivity index (χ2n) is 4.86. The molecule has 1 aromatic heterocycles. The number of para-hydroxylation sites is 1. The predicted molar refractivity (Wildman–Crippen MR) is 85.3 cm³/mol. The van der Waals surface area contributed by atoms with E-state index in [0.29, 0.717) is 13.0 Å². The molecule has 0 aliphatic carbocycles. The Morgan fingerprint density at radius 2 is 2.00 bits per heavy atom.